The third-order valence-corrected chi connectivity index (χ3v) is 4.31. The number of aromatic nitrogens is 1. The van der Waals surface area contributed by atoms with Gasteiger partial charge in [0.15, 0.2) is 18.8 Å². The Bertz CT molecular complexity index is 730. The zero-order valence-electron chi connectivity index (χ0n) is 14.5. The van der Waals surface area contributed by atoms with Crippen LogP contribution in [0, 0.1) is 0 Å². The van der Waals surface area contributed by atoms with E-state index in [1.165, 1.54) is 19.7 Å². The largest absolute Gasteiger partial charge is 0.453 e. The quantitative estimate of drug-likeness (QED) is 0.899. The summed E-state index contributed by atoms with van der Waals surface area (Å²) in [5.41, 5.74) is 1.76. The van der Waals surface area contributed by atoms with Gasteiger partial charge in [-0.3, -0.25) is 5.32 Å². The van der Waals surface area contributed by atoms with Crippen LogP contribution in [-0.2, 0) is 16.1 Å². The highest BCUT2D eigenvalue weighted by molar-refractivity contribution is 5.84. The zero-order valence-corrected chi connectivity index (χ0v) is 14.5. The van der Waals surface area contributed by atoms with E-state index in [0.717, 1.165) is 24.9 Å². The average Bonchev–Trinajstić information content (AvgIpc) is 3.20. The van der Waals surface area contributed by atoms with Crippen LogP contribution in [0.25, 0.3) is 0 Å². The fraction of sp³-hybridized carbons (Fsp3) is 0.389. The first kappa shape index (κ1) is 17.8. The van der Waals surface area contributed by atoms with Crippen molar-refractivity contribution >= 4 is 17.9 Å². The maximum Gasteiger partial charge on any atom is 0.412 e. The molecule has 3 rings (SSSR count). The van der Waals surface area contributed by atoms with Gasteiger partial charge in [0.25, 0.3) is 0 Å². The van der Waals surface area contributed by atoms with Crippen molar-refractivity contribution in [1.29, 1.82) is 0 Å². The molecule has 0 bridgehead atoms. The maximum absolute atomic E-state index is 11.8. The van der Waals surface area contributed by atoms with Crippen molar-refractivity contribution in [1.82, 2.24) is 9.88 Å². The number of hydrogen-bond acceptors (Lipinski definition) is 6. The second kappa shape index (κ2) is 8.37. The first-order chi connectivity index (χ1) is 12.7. The number of hydrogen-bond donors (Lipinski definition) is 1. The number of carbonyl (C=O) groups excluding carboxylic acids is 2. The number of piperidine rings is 1. The van der Waals surface area contributed by atoms with Crippen LogP contribution in [0.1, 0.15) is 30.1 Å². The summed E-state index contributed by atoms with van der Waals surface area (Å²) >= 11 is 0. The van der Waals surface area contributed by atoms with Crippen LogP contribution >= 0.6 is 0 Å². The molecule has 1 atom stereocenters. The van der Waals surface area contributed by atoms with Crippen molar-refractivity contribution in [2.24, 2.45) is 0 Å². The lowest BCUT2D eigenvalue weighted by Gasteiger charge is -2.32. The Morgan fingerprint density at radius 1 is 1.35 bits per heavy atom. The molecular formula is C18H21N3O5. The average molecular weight is 359 g/mol. The van der Waals surface area contributed by atoms with Gasteiger partial charge in [-0.2, -0.15) is 0 Å². The van der Waals surface area contributed by atoms with Crippen LogP contribution < -0.4 is 5.32 Å². The Morgan fingerprint density at radius 2 is 2.15 bits per heavy atom. The second-order valence-electron chi connectivity index (χ2n) is 6.05. The first-order valence-corrected chi connectivity index (χ1v) is 8.39. The van der Waals surface area contributed by atoms with E-state index in [0.29, 0.717) is 18.0 Å². The molecule has 1 saturated heterocycles. The van der Waals surface area contributed by atoms with E-state index in [-0.39, 0.29) is 18.6 Å². The number of methoxy groups -OCH3 is 1. The molecule has 2 amide bonds. The SMILES string of the molecule is COC(=O)N1CCCC(c2ccc(NC(=O)OCc3cnco3)cc2)C1. The van der Waals surface area contributed by atoms with Gasteiger partial charge in [0.1, 0.15) is 0 Å². The smallest absolute Gasteiger partial charge is 0.412 e. The van der Waals surface area contributed by atoms with Crippen molar-refractivity contribution in [2.45, 2.75) is 25.4 Å². The third kappa shape index (κ3) is 4.53. The molecule has 0 radical (unpaired) electrons. The molecule has 1 fully saturated rings. The van der Waals surface area contributed by atoms with Gasteiger partial charge in [-0.1, -0.05) is 12.1 Å². The van der Waals surface area contributed by atoms with E-state index >= 15 is 0 Å². The first-order valence-electron chi connectivity index (χ1n) is 8.39. The van der Waals surface area contributed by atoms with Crippen molar-refractivity contribution in [3.63, 3.8) is 0 Å². The van der Waals surface area contributed by atoms with Crippen LogP contribution in [0.3, 0.4) is 0 Å². The minimum Gasteiger partial charge on any atom is -0.453 e. The Hall–Kier alpha value is -3.03. The number of anilines is 1. The normalized spacial score (nSPS) is 16.8. The lowest BCUT2D eigenvalue weighted by Crippen LogP contribution is -2.38. The summed E-state index contributed by atoms with van der Waals surface area (Å²) in [5, 5.41) is 2.66. The van der Waals surface area contributed by atoms with Crippen molar-refractivity contribution in [2.75, 3.05) is 25.5 Å². The highest BCUT2D eigenvalue weighted by atomic mass is 16.6. The summed E-state index contributed by atoms with van der Waals surface area (Å²) in [7, 11) is 1.40. The molecule has 2 aromatic rings. The van der Waals surface area contributed by atoms with Gasteiger partial charge in [-0.25, -0.2) is 14.6 Å². The summed E-state index contributed by atoms with van der Waals surface area (Å²) in [4.78, 5) is 29.0. The van der Waals surface area contributed by atoms with E-state index in [4.69, 9.17) is 13.9 Å². The van der Waals surface area contributed by atoms with Crippen molar-refractivity contribution in [3.05, 3.63) is 48.2 Å². The van der Waals surface area contributed by atoms with Crippen LogP contribution in [0.2, 0.25) is 0 Å². The summed E-state index contributed by atoms with van der Waals surface area (Å²) in [5.74, 6) is 0.735. The Balaban J connectivity index is 1.52. The molecule has 0 aliphatic carbocycles. The van der Waals surface area contributed by atoms with Crippen LogP contribution in [-0.4, -0.2) is 42.3 Å². The second-order valence-corrected chi connectivity index (χ2v) is 6.05. The number of likely N-dealkylation sites (tertiary alicyclic amines) is 1. The Kier molecular flexibility index (Phi) is 5.73. The van der Waals surface area contributed by atoms with Gasteiger partial charge in [-0.15, -0.1) is 0 Å². The number of rotatable bonds is 4. The van der Waals surface area contributed by atoms with Gasteiger partial charge < -0.3 is 18.8 Å². The molecule has 138 valence electrons. The van der Waals surface area contributed by atoms with Crippen molar-refractivity contribution in [3.8, 4) is 0 Å². The minimum atomic E-state index is -0.566. The van der Waals surface area contributed by atoms with E-state index in [1.807, 2.05) is 24.3 Å². The van der Waals surface area contributed by atoms with Crippen LogP contribution in [0.15, 0.2) is 41.3 Å². The molecular weight excluding hydrogens is 338 g/mol. The fourth-order valence-corrected chi connectivity index (χ4v) is 2.99. The highest BCUT2D eigenvalue weighted by Gasteiger charge is 2.25. The predicted octanol–water partition coefficient (Wildman–Crippen LogP) is 3.37. The third-order valence-electron chi connectivity index (χ3n) is 4.31. The van der Waals surface area contributed by atoms with Gasteiger partial charge in [0.2, 0.25) is 0 Å². The van der Waals surface area contributed by atoms with E-state index in [2.05, 4.69) is 10.3 Å². The molecule has 1 aromatic carbocycles. The lowest BCUT2D eigenvalue weighted by molar-refractivity contribution is 0.111. The topological polar surface area (TPSA) is 93.9 Å². The molecule has 1 aromatic heterocycles. The Labute approximate surface area is 151 Å². The zero-order chi connectivity index (χ0) is 18.4. The van der Waals surface area contributed by atoms with Gasteiger partial charge in [0.05, 0.1) is 13.3 Å². The van der Waals surface area contributed by atoms with Gasteiger partial charge in [0, 0.05) is 24.7 Å². The minimum absolute atomic E-state index is 0.0232. The number of benzene rings is 1. The maximum atomic E-state index is 11.8. The number of amides is 2. The molecule has 0 saturated carbocycles. The van der Waals surface area contributed by atoms with E-state index < -0.39 is 6.09 Å². The molecule has 8 heteroatoms. The monoisotopic (exact) mass is 359 g/mol. The molecule has 0 spiro atoms. The molecule has 1 unspecified atom stereocenters. The van der Waals surface area contributed by atoms with E-state index in [9.17, 15) is 9.59 Å². The Morgan fingerprint density at radius 3 is 2.85 bits per heavy atom. The predicted molar refractivity (Wildman–Crippen MR) is 92.7 cm³/mol. The molecule has 1 N–H and O–H groups in total. The summed E-state index contributed by atoms with van der Waals surface area (Å²) in [6, 6.07) is 7.55. The number of nitrogens with zero attached hydrogens (tertiary/aromatic N) is 2. The van der Waals surface area contributed by atoms with Crippen LogP contribution in [0.4, 0.5) is 15.3 Å². The lowest BCUT2D eigenvalue weighted by atomic mass is 9.91. The number of ether oxygens (including phenoxy) is 2. The van der Waals surface area contributed by atoms with Crippen LogP contribution in [0.5, 0.6) is 0 Å². The van der Waals surface area contributed by atoms with E-state index in [1.54, 1.807) is 4.90 Å². The molecule has 8 nitrogen and oxygen atoms in total. The van der Waals surface area contributed by atoms with Gasteiger partial charge >= 0.3 is 12.2 Å². The number of oxazole rings is 1. The fourth-order valence-electron chi connectivity index (χ4n) is 2.99. The molecule has 1 aliphatic heterocycles. The molecule has 2 heterocycles. The standard InChI is InChI=1S/C18H21N3O5/c1-24-18(23)21-8-2-3-14(10-21)13-4-6-15(7-5-13)20-17(22)25-11-16-9-19-12-26-16/h4-7,9,12,14H,2-3,8,10-11H2,1H3,(H,20,22). The van der Waals surface area contributed by atoms with Crippen molar-refractivity contribution < 1.29 is 23.5 Å². The van der Waals surface area contributed by atoms with Gasteiger partial charge in [-0.05, 0) is 30.5 Å². The summed E-state index contributed by atoms with van der Waals surface area (Å²) in [6.45, 7) is 1.38. The molecule has 26 heavy (non-hydrogen) atoms. The summed E-state index contributed by atoms with van der Waals surface area (Å²) in [6.07, 6.45) is 3.87. The summed E-state index contributed by atoms with van der Waals surface area (Å²) < 4.78 is 14.8. The highest BCUT2D eigenvalue weighted by Crippen LogP contribution is 2.28. The molecule has 1 aliphatic rings. The number of carbonyl (C=O) groups is 2. The number of nitrogens with one attached hydrogen (secondary N) is 1.